The van der Waals surface area contributed by atoms with E-state index in [0.717, 1.165) is 5.56 Å². The molecule has 0 radical (unpaired) electrons. The van der Waals surface area contributed by atoms with Gasteiger partial charge >= 0.3 is 6.09 Å². The molecular weight excluding hydrogens is 320 g/mol. The normalized spacial score (nSPS) is 9.60. The molecule has 4 nitrogen and oxygen atoms in total. The van der Waals surface area contributed by atoms with Crippen molar-refractivity contribution >= 4 is 27.7 Å². The first-order chi connectivity index (χ1) is 9.69. The van der Waals surface area contributed by atoms with Crippen molar-refractivity contribution < 1.29 is 9.53 Å². The molecule has 0 atom stereocenters. The van der Waals surface area contributed by atoms with Crippen molar-refractivity contribution in [1.82, 2.24) is 0 Å². The first-order valence-electron chi connectivity index (χ1n) is 5.86. The highest BCUT2D eigenvalue weighted by Gasteiger charge is 2.07. The summed E-state index contributed by atoms with van der Waals surface area (Å²) in [4.78, 5) is 11.7. The van der Waals surface area contributed by atoms with E-state index in [2.05, 4.69) is 21.2 Å². The van der Waals surface area contributed by atoms with Crippen molar-refractivity contribution in [2.24, 2.45) is 0 Å². The number of amides is 1. The largest absolute Gasteiger partial charge is 0.444 e. The maximum absolute atomic E-state index is 11.7. The van der Waals surface area contributed by atoms with Crippen LogP contribution in [0.1, 0.15) is 11.1 Å². The predicted molar refractivity (Wildman–Crippen MR) is 79.1 cm³/mol. The molecule has 0 aromatic heterocycles. The Labute approximate surface area is 125 Å². The molecule has 0 saturated heterocycles. The number of carbonyl (C=O) groups excluding carboxylic acids is 1. The van der Waals surface area contributed by atoms with Gasteiger partial charge in [0.1, 0.15) is 6.61 Å². The van der Waals surface area contributed by atoms with Crippen molar-refractivity contribution in [2.45, 2.75) is 6.61 Å². The van der Waals surface area contributed by atoms with E-state index in [-0.39, 0.29) is 6.61 Å². The molecule has 1 N–H and O–H groups in total. The topological polar surface area (TPSA) is 62.1 Å². The second-order valence-corrected chi connectivity index (χ2v) is 4.85. The van der Waals surface area contributed by atoms with E-state index in [1.165, 1.54) is 0 Å². The number of anilines is 1. The Morgan fingerprint density at radius 1 is 1.25 bits per heavy atom. The third-order valence-electron chi connectivity index (χ3n) is 2.55. The van der Waals surface area contributed by atoms with Gasteiger partial charge in [-0.3, -0.25) is 5.32 Å². The SMILES string of the molecule is N#Cc1ccc(NC(=O)OCc2ccccc2)c(Br)c1. The third kappa shape index (κ3) is 3.84. The standard InChI is InChI=1S/C15H11BrN2O2/c16-13-8-12(9-17)6-7-14(13)18-15(19)20-10-11-4-2-1-3-5-11/h1-8H,10H2,(H,18,19). The fourth-order valence-corrected chi connectivity index (χ4v) is 2.03. The molecule has 5 heteroatoms. The van der Waals surface area contributed by atoms with Gasteiger partial charge in [0.25, 0.3) is 0 Å². The highest BCUT2D eigenvalue weighted by atomic mass is 79.9. The number of nitrogens with one attached hydrogen (secondary N) is 1. The number of halogens is 1. The molecule has 2 rings (SSSR count). The lowest BCUT2D eigenvalue weighted by Crippen LogP contribution is -2.13. The zero-order chi connectivity index (χ0) is 14.4. The highest BCUT2D eigenvalue weighted by Crippen LogP contribution is 2.23. The van der Waals surface area contributed by atoms with Crippen LogP contribution >= 0.6 is 15.9 Å². The monoisotopic (exact) mass is 330 g/mol. The number of benzene rings is 2. The first-order valence-corrected chi connectivity index (χ1v) is 6.65. The molecular formula is C15H11BrN2O2. The number of ether oxygens (including phenoxy) is 1. The molecule has 20 heavy (non-hydrogen) atoms. The fourth-order valence-electron chi connectivity index (χ4n) is 1.56. The van der Waals surface area contributed by atoms with E-state index in [1.54, 1.807) is 18.2 Å². The molecule has 2 aromatic carbocycles. The summed E-state index contributed by atoms with van der Waals surface area (Å²) < 4.78 is 5.74. The van der Waals surface area contributed by atoms with E-state index in [9.17, 15) is 4.79 Å². The number of nitrogens with zero attached hydrogens (tertiary/aromatic N) is 1. The van der Waals surface area contributed by atoms with E-state index >= 15 is 0 Å². The summed E-state index contributed by atoms with van der Waals surface area (Å²) in [7, 11) is 0. The Morgan fingerprint density at radius 3 is 2.65 bits per heavy atom. The van der Waals surface area contributed by atoms with Crippen LogP contribution in [0.15, 0.2) is 53.0 Å². The Kier molecular flexibility index (Phi) is 4.75. The van der Waals surface area contributed by atoms with E-state index < -0.39 is 6.09 Å². The second kappa shape index (κ2) is 6.73. The molecule has 0 aliphatic carbocycles. The summed E-state index contributed by atoms with van der Waals surface area (Å²) in [5.41, 5.74) is 1.99. The van der Waals surface area contributed by atoms with Crippen molar-refractivity contribution in [1.29, 1.82) is 5.26 Å². The summed E-state index contributed by atoms with van der Waals surface area (Å²) in [5, 5.41) is 11.4. The van der Waals surface area contributed by atoms with Crippen LogP contribution in [0.3, 0.4) is 0 Å². The van der Waals surface area contributed by atoms with E-state index in [0.29, 0.717) is 15.7 Å². The fraction of sp³-hybridized carbons (Fsp3) is 0.0667. The smallest absolute Gasteiger partial charge is 0.411 e. The van der Waals surface area contributed by atoms with Gasteiger partial charge in [-0.25, -0.2) is 4.79 Å². The second-order valence-electron chi connectivity index (χ2n) is 3.99. The number of nitriles is 1. The molecule has 0 aliphatic rings. The van der Waals surface area contributed by atoms with Gasteiger partial charge in [0.2, 0.25) is 0 Å². The van der Waals surface area contributed by atoms with Crippen LogP contribution in [0.2, 0.25) is 0 Å². The van der Waals surface area contributed by atoms with Gasteiger partial charge < -0.3 is 4.74 Å². The van der Waals surface area contributed by atoms with Crippen molar-refractivity contribution in [3.05, 3.63) is 64.1 Å². The molecule has 2 aromatic rings. The summed E-state index contributed by atoms with van der Waals surface area (Å²) in [6, 6.07) is 16.3. The summed E-state index contributed by atoms with van der Waals surface area (Å²) in [6.07, 6.45) is -0.542. The molecule has 1 amide bonds. The zero-order valence-corrected chi connectivity index (χ0v) is 12.1. The van der Waals surface area contributed by atoms with Crippen LogP contribution in [0, 0.1) is 11.3 Å². The number of rotatable bonds is 3. The Hall–Kier alpha value is -2.32. The van der Waals surface area contributed by atoms with Crippen LogP contribution in [0.5, 0.6) is 0 Å². The first kappa shape index (κ1) is 14.1. The quantitative estimate of drug-likeness (QED) is 0.922. The summed E-state index contributed by atoms with van der Waals surface area (Å²) in [5.74, 6) is 0. The number of carbonyl (C=O) groups is 1. The molecule has 0 aliphatic heterocycles. The van der Waals surface area contributed by atoms with Gasteiger partial charge in [0.05, 0.1) is 17.3 Å². The average Bonchev–Trinajstić information content (AvgIpc) is 2.48. The van der Waals surface area contributed by atoms with E-state index in [1.807, 2.05) is 36.4 Å². The molecule has 0 bridgehead atoms. The molecule has 0 heterocycles. The lowest BCUT2D eigenvalue weighted by Gasteiger charge is -2.08. The van der Waals surface area contributed by atoms with Gasteiger partial charge in [0, 0.05) is 4.47 Å². The molecule has 0 saturated carbocycles. The minimum Gasteiger partial charge on any atom is -0.444 e. The minimum atomic E-state index is -0.542. The Bertz CT molecular complexity index is 651. The Balaban J connectivity index is 1.93. The van der Waals surface area contributed by atoms with E-state index in [4.69, 9.17) is 10.00 Å². The lowest BCUT2D eigenvalue weighted by atomic mass is 10.2. The molecule has 100 valence electrons. The van der Waals surface area contributed by atoms with Crippen molar-refractivity contribution in [2.75, 3.05) is 5.32 Å². The van der Waals surface area contributed by atoms with Crippen LogP contribution in [0.4, 0.5) is 10.5 Å². The third-order valence-corrected chi connectivity index (χ3v) is 3.20. The maximum atomic E-state index is 11.7. The van der Waals surface area contributed by atoms with Crippen molar-refractivity contribution in [3.63, 3.8) is 0 Å². The molecule has 0 unspecified atom stereocenters. The average molecular weight is 331 g/mol. The zero-order valence-electron chi connectivity index (χ0n) is 10.5. The van der Waals surface area contributed by atoms with Crippen LogP contribution in [-0.2, 0) is 11.3 Å². The predicted octanol–water partition coefficient (Wildman–Crippen LogP) is 4.07. The highest BCUT2D eigenvalue weighted by molar-refractivity contribution is 9.10. The number of hydrogen-bond donors (Lipinski definition) is 1. The molecule has 0 fully saturated rings. The van der Waals surface area contributed by atoms with Crippen LogP contribution < -0.4 is 5.32 Å². The Morgan fingerprint density at radius 2 is 2.00 bits per heavy atom. The van der Waals surface area contributed by atoms with Gasteiger partial charge in [-0.15, -0.1) is 0 Å². The maximum Gasteiger partial charge on any atom is 0.411 e. The lowest BCUT2D eigenvalue weighted by molar-refractivity contribution is 0.155. The van der Waals surface area contributed by atoms with Crippen molar-refractivity contribution in [3.8, 4) is 6.07 Å². The summed E-state index contributed by atoms with van der Waals surface area (Å²) >= 11 is 3.29. The van der Waals surface area contributed by atoms with Gasteiger partial charge in [-0.05, 0) is 39.7 Å². The van der Waals surface area contributed by atoms with Gasteiger partial charge in [-0.2, -0.15) is 5.26 Å². The van der Waals surface area contributed by atoms with Gasteiger partial charge in [-0.1, -0.05) is 30.3 Å². The van der Waals surface area contributed by atoms with Gasteiger partial charge in [0.15, 0.2) is 0 Å². The van der Waals surface area contributed by atoms with Crippen LogP contribution in [-0.4, -0.2) is 6.09 Å². The van der Waals surface area contributed by atoms with Crippen LogP contribution in [0.25, 0.3) is 0 Å². The number of hydrogen-bond acceptors (Lipinski definition) is 3. The summed E-state index contributed by atoms with van der Waals surface area (Å²) in [6.45, 7) is 0.209. The molecule has 0 spiro atoms. The minimum absolute atomic E-state index is 0.209.